The second-order valence-corrected chi connectivity index (χ2v) is 3.96. The Kier molecular flexibility index (Phi) is 2.61. The number of furan rings is 1. The second-order valence-electron chi connectivity index (χ2n) is 3.96. The van der Waals surface area contributed by atoms with Crippen LogP contribution in [0.3, 0.4) is 0 Å². The third kappa shape index (κ3) is 2.00. The van der Waals surface area contributed by atoms with Crippen molar-refractivity contribution in [3.8, 4) is 5.75 Å². The molecule has 0 amide bonds. The van der Waals surface area contributed by atoms with Gasteiger partial charge in [-0.2, -0.15) is 0 Å². The minimum Gasteiger partial charge on any atom is -0.484 e. The van der Waals surface area contributed by atoms with E-state index < -0.39 is 0 Å². The number of fused-ring (bicyclic) bond motifs is 1. The summed E-state index contributed by atoms with van der Waals surface area (Å²) < 4.78 is 11.2. The van der Waals surface area contributed by atoms with E-state index in [1.54, 1.807) is 12.4 Å². The lowest BCUT2D eigenvalue weighted by Crippen LogP contribution is -1.93. The Morgan fingerprint density at radius 1 is 1.22 bits per heavy atom. The van der Waals surface area contributed by atoms with Crippen LogP contribution in [0.25, 0.3) is 11.0 Å². The van der Waals surface area contributed by atoms with E-state index in [2.05, 4.69) is 4.98 Å². The average Bonchev–Trinajstić information content (AvgIpc) is 2.82. The van der Waals surface area contributed by atoms with Crippen LogP contribution in [0.1, 0.15) is 5.76 Å². The first-order valence-corrected chi connectivity index (χ1v) is 5.63. The van der Waals surface area contributed by atoms with Gasteiger partial charge in [0, 0.05) is 11.6 Å². The number of hydrogen-bond donors (Lipinski definition) is 1. The summed E-state index contributed by atoms with van der Waals surface area (Å²) in [6.07, 6.45) is 3.37. The standard InChI is InChI=1S/C14H12N2O2/c15-13-5-1-3-10-7-12(18-14(10)13)9-17-11-4-2-6-16-8-11/h1-8H,9,15H2. The summed E-state index contributed by atoms with van der Waals surface area (Å²) in [6, 6.07) is 11.3. The summed E-state index contributed by atoms with van der Waals surface area (Å²) in [4.78, 5) is 3.98. The summed E-state index contributed by atoms with van der Waals surface area (Å²) >= 11 is 0. The van der Waals surface area contributed by atoms with E-state index in [-0.39, 0.29) is 0 Å². The largest absolute Gasteiger partial charge is 0.484 e. The average molecular weight is 240 g/mol. The first kappa shape index (κ1) is 10.7. The lowest BCUT2D eigenvalue weighted by molar-refractivity contribution is 0.273. The van der Waals surface area contributed by atoms with Crippen LogP contribution in [0.2, 0.25) is 0 Å². The minimum absolute atomic E-state index is 0.361. The van der Waals surface area contributed by atoms with E-state index in [1.165, 1.54) is 0 Å². The zero-order chi connectivity index (χ0) is 12.4. The van der Waals surface area contributed by atoms with Crippen LogP contribution in [0.5, 0.6) is 5.75 Å². The van der Waals surface area contributed by atoms with Crippen LogP contribution in [-0.4, -0.2) is 4.98 Å². The molecule has 0 saturated carbocycles. The van der Waals surface area contributed by atoms with Crippen molar-refractivity contribution in [3.63, 3.8) is 0 Å². The zero-order valence-electron chi connectivity index (χ0n) is 9.67. The Morgan fingerprint density at radius 3 is 2.94 bits per heavy atom. The van der Waals surface area contributed by atoms with Crippen molar-refractivity contribution >= 4 is 16.7 Å². The second kappa shape index (κ2) is 4.41. The molecule has 0 unspecified atom stereocenters. The molecule has 0 spiro atoms. The Balaban J connectivity index is 1.81. The van der Waals surface area contributed by atoms with Crippen LogP contribution in [-0.2, 0) is 6.61 Å². The lowest BCUT2D eigenvalue weighted by Gasteiger charge is -2.02. The molecule has 3 rings (SSSR count). The van der Waals surface area contributed by atoms with E-state index in [1.807, 2.05) is 36.4 Å². The highest BCUT2D eigenvalue weighted by Gasteiger charge is 2.06. The van der Waals surface area contributed by atoms with Gasteiger partial charge in [0.05, 0.1) is 11.9 Å². The number of anilines is 1. The molecule has 0 fully saturated rings. The molecule has 2 heterocycles. The fourth-order valence-corrected chi connectivity index (χ4v) is 1.80. The van der Waals surface area contributed by atoms with Gasteiger partial charge in [-0.15, -0.1) is 0 Å². The first-order chi connectivity index (χ1) is 8.83. The van der Waals surface area contributed by atoms with Crippen molar-refractivity contribution in [2.75, 3.05) is 5.73 Å². The van der Waals surface area contributed by atoms with Crippen molar-refractivity contribution < 1.29 is 9.15 Å². The molecule has 0 saturated heterocycles. The summed E-state index contributed by atoms with van der Waals surface area (Å²) in [7, 11) is 0. The molecule has 2 N–H and O–H groups in total. The van der Waals surface area contributed by atoms with Crippen LogP contribution in [0, 0.1) is 0 Å². The van der Waals surface area contributed by atoms with Gasteiger partial charge in [-0.25, -0.2) is 0 Å². The molecular weight excluding hydrogens is 228 g/mol. The van der Waals surface area contributed by atoms with Gasteiger partial charge >= 0.3 is 0 Å². The number of ether oxygens (including phenoxy) is 1. The Bertz CT molecular complexity index is 662. The number of para-hydroxylation sites is 1. The van der Waals surface area contributed by atoms with E-state index in [9.17, 15) is 0 Å². The predicted octanol–water partition coefficient (Wildman–Crippen LogP) is 2.99. The third-order valence-corrected chi connectivity index (χ3v) is 2.64. The minimum atomic E-state index is 0.361. The maximum absolute atomic E-state index is 5.83. The maximum Gasteiger partial charge on any atom is 0.157 e. The van der Waals surface area contributed by atoms with Crippen molar-refractivity contribution in [1.29, 1.82) is 0 Å². The van der Waals surface area contributed by atoms with E-state index >= 15 is 0 Å². The SMILES string of the molecule is Nc1cccc2cc(COc3cccnc3)oc12. The van der Waals surface area contributed by atoms with Gasteiger partial charge in [-0.05, 0) is 24.3 Å². The molecule has 2 aromatic heterocycles. The van der Waals surface area contributed by atoms with Gasteiger partial charge in [0.1, 0.15) is 18.1 Å². The maximum atomic E-state index is 5.83. The van der Waals surface area contributed by atoms with Crippen LogP contribution >= 0.6 is 0 Å². The van der Waals surface area contributed by atoms with Crippen LogP contribution < -0.4 is 10.5 Å². The quantitative estimate of drug-likeness (QED) is 0.715. The fourth-order valence-electron chi connectivity index (χ4n) is 1.80. The Labute approximate surface area is 104 Å². The van der Waals surface area contributed by atoms with Gasteiger partial charge in [-0.3, -0.25) is 4.98 Å². The van der Waals surface area contributed by atoms with Crippen LogP contribution in [0.15, 0.2) is 53.2 Å². The summed E-state index contributed by atoms with van der Waals surface area (Å²) in [5.41, 5.74) is 7.18. The number of nitrogens with zero attached hydrogens (tertiary/aromatic N) is 1. The molecule has 0 aliphatic heterocycles. The van der Waals surface area contributed by atoms with Crippen LogP contribution in [0.4, 0.5) is 5.69 Å². The van der Waals surface area contributed by atoms with Crippen molar-refractivity contribution in [1.82, 2.24) is 4.98 Å². The summed E-state index contributed by atoms with van der Waals surface area (Å²) in [6.45, 7) is 0.361. The van der Waals surface area contributed by atoms with Crippen molar-refractivity contribution in [2.24, 2.45) is 0 Å². The smallest absolute Gasteiger partial charge is 0.157 e. The monoisotopic (exact) mass is 240 g/mol. The first-order valence-electron chi connectivity index (χ1n) is 5.63. The van der Waals surface area contributed by atoms with Crippen molar-refractivity contribution in [2.45, 2.75) is 6.61 Å². The van der Waals surface area contributed by atoms with Crippen molar-refractivity contribution in [3.05, 3.63) is 54.6 Å². The molecule has 90 valence electrons. The predicted molar refractivity (Wildman–Crippen MR) is 69.2 cm³/mol. The molecule has 0 atom stereocenters. The number of hydrogen-bond acceptors (Lipinski definition) is 4. The number of nitrogen functional groups attached to an aromatic ring is 1. The molecule has 4 heteroatoms. The molecule has 0 bridgehead atoms. The van der Waals surface area contributed by atoms with Gasteiger partial charge in [0.15, 0.2) is 5.58 Å². The molecule has 18 heavy (non-hydrogen) atoms. The Hall–Kier alpha value is -2.49. The molecule has 3 aromatic rings. The molecule has 1 aromatic carbocycles. The summed E-state index contributed by atoms with van der Waals surface area (Å²) in [5.74, 6) is 1.46. The topological polar surface area (TPSA) is 61.3 Å². The zero-order valence-corrected chi connectivity index (χ0v) is 9.67. The number of aromatic nitrogens is 1. The lowest BCUT2D eigenvalue weighted by atomic mass is 10.2. The fraction of sp³-hybridized carbons (Fsp3) is 0.0714. The highest BCUT2D eigenvalue weighted by molar-refractivity contribution is 5.88. The van der Waals surface area contributed by atoms with E-state index in [0.29, 0.717) is 23.6 Å². The Morgan fingerprint density at radius 2 is 2.17 bits per heavy atom. The van der Waals surface area contributed by atoms with Gasteiger partial charge in [0.25, 0.3) is 0 Å². The van der Waals surface area contributed by atoms with Gasteiger partial charge in [-0.1, -0.05) is 12.1 Å². The molecule has 0 radical (unpaired) electrons. The highest BCUT2D eigenvalue weighted by Crippen LogP contribution is 2.25. The highest BCUT2D eigenvalue weighted by atomic mass is 16.5. The third-order valence-electron chi connectivity index (χ3n) is 2.64. The molecule has 4 nitrogen and oxygen atoms in total. The molecule has 0 aliphatic rings. The number of pyridine rings is 1. The number of rotatable bonds is 3. The number of benzene rings is 1. The molecule has 0 aliphatic carbocycles. The normalized spacial score (nSPS) is 10.7. The van der Waals surface area contributed by atoms with Gasteiger partial charge < -0.3 is 14.9 Å². The van der Waals surface area contributed by atoms with E-state index in [4.69, 9.17) is 14.9 Å². The molecular formula is C14H12N2O2. The van der Waals surface area contributed by atoms with Gasteiger partial charge in [0.2, 0.25) is 0 Å². The summed E-state index contributed by atoms with van der Waals surface area (Å²) in [5, 5.41) is 0.986. The van der Waals surface area contributed by atoms with E-state index in [0.717, 1.165) is 11.1 Å². The number of nitrogens with two attached hydrogens (primary N) is 1.